The quantitative estimate of drug-likeness (QED) is 0.903. The van der Waals surface area contributed by atoms with E-state index in [0.29, 0.717) is 16.1 Å². The Bertz CT molecular complexity index is 625. The van der Waals surface area contributed by atoms with Gasteiger partial charge in [-0.3, -0.25) is 9.59 Å². The van der Waals surface area contributed by atoms with Gasteiger partial charge >= 0.3 is 0 Å². The van der Waals surface area contributed by atoms with Crippen molar-refractivity contribution in [1.82, 2.24) is 5.32 Å². The first kappa shape index (κ1) is 13.8. The molecule has 2 N–H and O–H groups in total. The van der Waals surface area contributed by atoms with Gasteiger partial charge < -0.3 is 10.6 Å². The summed E-state index contributed by atoms with van der Waals surface area (Å²) in [6.45, 7) is 0. The van der Waals surface area contributed by atoms with E-state index in [4.69, 9.17) is 0 Å². The van der Waals surface area contributed by atoms with Crippen LogP contribution < -0.4 is 10.6 Å². The monoisotopic (exact) mass is 338 g/mol. The van der Waals surface area contributed by atoms with E-state index in [2.05, 4.69) is 26.6 Å². The van der Waals surface area contributed by atoms with Gasteiger partial charge in [0.2, 0.25) is 0 Å². The molecule has 0 bridgehead atoms. The molecule has 0 saturated heterocycles. The van der Waals surface area contributed by atoms with Gasteiger partial charge in [0, 0.05) is 17.1 Å². The highest BCUT2D eigenvalue weighted by atomic mass is 79.9. The molecule has 0 aliphatic rings. The average Bonchev–Trinajstić information content (AvgIpc) is 2.86. The lowest BCUT2D eigenvalue weighted by atomic mass is 10.2. The first-order valence-corrected chi connectivity index (χ1v) is 7.15. The molecule has 0 aliphatic heterocycles. The molecule has 2 aromatic rings. The number of thiophene rings is 1. The van der Waals surface area contributed by atoms with Crippen LogP contribution in [0.2, 0.25) is 0 Å². The third-order valence-electron chi connectivity index (χ3n) is 2.45. The molecule has 1 aromatic heterocycles. The Labute approximate surface area is 123 Å². The molecule has 4 nitrogen and oxygen atoms in total. The number of anilines is 1. The zero-order chi connectivity index (χ0) is 13.8. The van der Waals surface area contributed by atoms with Crippen molar-refractivity contribution < 1.29 is 9.59 Å². The fraction of sp³-hybridized carbons (Fsp3) is 0.0769. The predicted molar refractivity (Wildman–Crippen MR) is 79.8 cm³/mol. The van der Waals surface area contributed by atoms with Crippen LogP contribution in [0.3, 0.4) is 0 Å². The third-order valence-corrected chi connectivity index (χ3v) is 3.77. The lowest BCUT2D eigenvalue weighted by molar-refractivity contribution is 0.0964. The van der Waals surface area contributed by atoms with Gasteiger partial charge in [-0.25, -0.2) is 0 Å². The molecule has 98 valence electrons. The topological polar surface area (TPSA) is 58.2 Å². The molecule has 1 heterocycles. The van der Waals surface area contributed by atoms with E-state index in [9.17, 15) is 9.59 Å². The summed E-state index contributed by atoms with van der Waals surface area (Å²) in [5, 5.41) is 7.60. The second kappa shape index (κ2) is 5.99. The van der Waals surface area contributed by atoms with Crippen molar-refractivity contribution in [3.63, 3.8) is 0 Å². The summed E-state index contributed by atoms with van der Waals surface area (Å²) in [6.07, 6.45) is 0. The highest BCUT2D eigenvalue weighted by Gasteiger charge is 2.14. The number of benzene rings is 1. The van der Waals surface area contributed by atoms with Crippen molar-refractivity contribution >= 4 is 44.1 Å². The molecule has 0 radical (unpaired) electrons. The molecule has 0 fully saturated rings. The molecule has 1 aromatic carbocycles. The fourth-order valence-corrected chi connectivity index (χ4v) is 2.70. The Kier molecular flexibility index (Phi) is 4.34. The van der Waals surface area contributed by atoms with Crippen molar-refractivity contribution in [3.05, 3.63) is 51.3 Å². The van der Waals surface area contributed by atoms with Gasteiger partial charge in [-0.15, -0.1) is 11.3 Å². The minimum Gasteiger partial charge on any atom is -0.355 e. The Balaban J connectivity index is 2.20. The molecule has 2 amide bonds. The van der Waals surface area contributed by atoms with Gasteiger partial charge in [0.1, 0.15) is 5.00 Å². The van der Waals surface area contributed by atoms with Gasteiger partial charge in [0.25, 0.3) is 11.8 Å². The smallest absolute Gasteiger partial charge is 0.256 e. The predicted octanol–water partition coefficient (Wildman–Crippen LogP) is 3.12. The highest BCUT2D eigenvalue weighted by Crippen LogP contribution is 2.24. The molecule has 0 atom stereocenters. The summed E-state index contributed by atoms with van der Waals surface area (Å²) in [4.78, 5) is 23.7. The van der Waals surface area contributed by atoms with E-state index in [1.54, 1.807) is 36.7 Å². The molecule has 0 aliphatic carbocycles. The van der Waals surface area contributed by atoms with Crippen LogP contribution in [-0.2, 0) is 0 Å². The molecular weight excluding hydrogens is 328 g/mol. The number of amides is 2. The van der Waals surface area contributed by atoms with Crippen molar-refractivity contribution in [2.45, 2.75) is 0 Å². The van der Waals surface area contributed by atoms with Crippen molar-refractivity contribution in [1.29, 1.82) is 0 Å². The van der Waals surface area contributed by atoms with Gasteiger partial charge in [-0.2, -0.15) is 0 Å². The SMILES string of the molecule is CNC(=O)c1ccsc1NC(=O)c1cccc(Br)c1. The number of hydrogen-bond donors (Lipinski definition) is 2. The van der Waals surface area contributed by atoms with Crippen LogP contribution in [0.1, 0.15) is 20.7 Å². The second-order valence-electron chi connectivity index (χ2n) is 3.71. The summed E-state index contributed by atoms with van der Waals surface area (Å²) in [6, 6.07) is 8.75. The minimum absolute atomic E-state index is 0.217. The summed E-state index contributed by atoms with van der Waals surface area (Å²) >= 11 is 4.63. The van der Waals surface area contributed by atoms with E-state index >= 15 is 0 Å². The lowest BCUT2D eigenvalue weighted by Crippen LogP contribution is -2.20. The van der Waals surface area contributed by atoms with Crippen LogP contribution in [0.5, 0.6) is 0 Å². The normalized spacial score (nSPS) is 10.0. The number of halogens is 1. The summed E-state index contributed by atoms with van der Waals surface area (Å²) < 4.78 is 0.831. The summed E-state index contributed by atoms with van der Waals surface area (Å²) in [7, 11) is 1.56. The maximum Gasteiger partial charge on any atom is 0.256 e. The van der Waals surface area contributed by atoms with E-state index in [0.717, 1.165) is 4.47 Å². The molecular formula is C13H11BrN2O2S. The van der Waals surface area contributed by atoms with Gasteiger partial charge in [0.05, 0.1) is 5.56 Å². The second-order valence-corrected chi connectivity index (χ2v) is 5.54. The van der Waals surface area contributed by atoms with Crippen molar-refractivity contribution in [2.75, 3.05) is 12.4 Å². The van der Waals surface area contributed by atoms with Crippen LogP contribution in [-0.4, -0.2) is 18.9 Å². The maximum atomic E-state index is 12.1. The Morgan fingerprint density at radius 1 is 1.21 bits per heavy atom. The van der Waals surface area contributed by atoms with E-state index < -0.39 is 0 Å². The maximum absolute atomic E-state index is 12.1. The Morgan fingerprint density at radius 3 is 2.68 bits per heavy atom. The lowest BCUT2D eigenvalue weighted by Gasteiger charge is -2.06. The van der Waals surface area contributed by atoms with Crippen LogP contribution in [0.15, 0.2) is 40.2 Å². The van der Waals surface area contributed by atoms with E-state index in [-0.39, 0.29) is 11.8 Å². The zero-order valence-corrected chi connectivity index (χ0v) is 12.5. The third kappa shape index (κ3) is 3.21. The average molecular weight is 339 g/mol. The van der Waals surface area contributed by atoms with Gasteiger partial charge in [-0.05, 0) is 29.6 Å². The van der Waals surface area contributed by atoms with Gasteiger partial charge in [-0.1, -0.05) is 22.0 Å². The van der Waals surface area contributed by atoms with Gasteiger partial charge in [0.15, 0.2) is 0 Å². The molecule has 2 rings (SSSR count). The Morgan fingerprint density at radius 2 is 2.00 bits per heavy atom. The number of hydrogen-bond acceptors (Lipinski definition) is 3. The van der Waals surface area contributed by atoms with E-state index in [1.165, 1.54) is 11.3 Å². The first-order valence-electron chi connectivity index (χ1n) is 5.48. The first-order chi connectivity index (χ1) is 9.11. The molecule has 0 spiro atoms. The number of carbonyl (C=O) groups excluding carboxylic acids is 2. The summed E-state index contributed by atoms with van der Waals surface area (Å²) in [5.41, 5.74) is 1.00. The standard InChI is InChI=1S/C13H11BrN2O2S/c1-15-12(18)10-5-6-19-13(10)16-11(17)8-3-2-4-9(14)7-8/h2-7H,1H3,(H,15,18)(H,16,17). The highest BCUT2D eigenvalue weighted by molar-refractivity contribution is 9.10. The van der Waals surface area contributed by atoms with Crippen LogP contribution >= 0.6 is 27.3 Å². The molecule has 0 unspecified atom stereocenters. The molecule has 6 heteroatoms. The van der Waals surface area contributed by atoms with Crippen molar-refractivity contribution in [2.24, 2.45) is 0 Å². The molecule has 19 heavy (non-hydrogen) atoms. The van der Waals surface area contributed by atoms with Crippen LogP contribution in [0, 0.1) is 0 Å². The van der Waals surface area contributed by atoms with Crippen LogP contribution in [0.25, 0.3) is 0 Å². The summed E-state index contributed by atoms with van der Waals surface area (Å²) in [5.74, 6) is -0.459. The minimum atomic E-state index is -0.242. The largest absolute Gasteiger partial charge is 0.355 e. The Hall–Kier alpha value is -1.66. The molecule has 0 saturated carbocycles. The zero-order valence-electron chi connectivity index (χ0n) is 10.1. The van der Waals surface area contributed by atoms with Crippen LogP contribution in [0.4, 0.5) is 5.00 Å². The number of rotatable bonds is 3. The van der Waals surface area contributed by atoms with Crippen molar-refractivity contribution in [3.8, 4) is 0 Å². The number of nitrogens with one attached hydrogen (secondary N) is 2. The van der Waals surface area contributed by atoms with E-state index in [1.807, 2.05) is 6.07 Å². The fourth-order valence-electron chi connectivity index (χ4n) is 1.52. The number of carbonyl (C=O) groups is 2.